The molecule has 0 amide bonds. The summed E-state index contributed by atoms with van der Waals surface area (Å²) in [5, 5.41) is 8.89. The summed E-state index contributed by atoms with van der Waals surface area (Å²) in [7, 11) is 0. The molecule has 80 valence electrons. The van der Waals surface area contributed by atoms with Gasteiger partial charge in [0, 0.05) is 6.54 Å². The molecule has 4 heteroatoms. The van der Waals surface area contributed by atoms with Gasteiger partial charge in [0.05, 0.1) is 22.7 Å². The van der Waals surface area contributed by atoms with Crippen molar-refractivity contribution in [1.82, 2.24) is 9.55 Å². The third kappa shape index (κ3) is 1.54. The maximum absolute atomic E-state index is 8.89. The molecule has 3 rings (SSSR count). The molecule has 1 fully saturated rings. The second kappa shape index (κ2) is 3.46. The molecular weight excluding hydrogens is 218 g/mol. The molecule has 0 aliphatic heterocycles. The fourth-order valence-corrected chi connectivity index (χ4v) is 2.25. The Morgan fingerprint density at radius 3 is 3.00 bits per heavy atom. The number of H-pyrrole nitrogens is 1. The van der Waals surface area contributed by atoms with Crippen LogP contribution in [0.1, 0.15) is 18.4 Å². The maximum atomic E-state index is 8.89. The van der Waals surface area contributed by atoms with Crippen LogP contribution in [0.5, 0.6) is 0 Å². The van der Waals surface area contributed by atoms with Gasteiger partial charge in [-0.1, -0.05) is 0 Å². The van der Waals surface area contributed by atoms with Crippen LogP contribution in [0.25, 0.3) is 11.0 Å². The van der Waals surface area contributed by atoms with E-state index in [-0.39, 0.29) is 0 Å². The number of imidazole rings is 1. The number of hydrogen-bond acceptors (Lipinski definition) is 2. The molecule has 16 heavy (non-hydrogen) atoms. The number of aromatic nitrogens is 2. The Kier molecular flexibility index (Phi) is 2.08. The van der Waals surface area contributed by atoms with Crippen molar-refractivity contribution in [3.05, 3.63) is 28.5 Å². The van der Waals surface area contributed by atoms with E-state index in [4.69, 9.17) is 17.5 Å². The van der Waals surface area contributed by atoms with Crippen LogP contribution < -0.4 is 0 Å². The van der Waals surface area contributed by atoms with Crippen molar-refractivity contribution >= 4 is 23.3 Å². The summed E-state index contributed by atoms with van der Waals surface area (Å²) in [6.07, 6.45) is 2.60. The average molecular weight is 229 g/mol. The molecule has 0 saturated heterocycles. The quantitative estimate of drug-likeness (QED) is 0.804. The number of fused-ring (bicyclic) bond motifs is 1. The maximum Gasteiger partial charge on any atom is 0.178 e. The Labute approximate surface area is 98.3 Å². The number of nitrogens with zero attached hydrogens (tertiary/aromatic N) is 2. The fourth-order valence-electron chi connectivity index (χ4n) is 1.96. The normalized spacial score (nSPS) is 15.2. The SMILES string of the molecule is N#Cc1ccc2[nH]c(=S)n(CC3CC3)c2c1. The van der Waals surface area contributed by atoms with E-state index in [1.54, 1.807) is 0 Å². The van der Waals surface area contributed by atoms with Gasteiger partial charge in [-0.3, -0.25) is 0 Å². The third-order valence-corrected chi connectivity index (χ3v) is 3.36. The van der Waals surface area contributed by atoms with Crippen LogP contribution in [0.3, 0.4) is 0 Å². The van der Waals surface area contributed by atoms with Gasteiger partial charge in [0.25, 0.3) is 0 Å². The molecule has 1 N–H and O–H groups in total. The highest BCUT2D eigenvalue weighted by Crippen LogP contribution is 2.32. The van der Waals surface area contributed by atoms with Crippen LogP contribution in [0.4, 0.5) is 0 Å². The van der Waals surface area contributed by atoms with Crippen LogP contribution >= 0.6 is 12.2 Å². The smallest absolute Gasteiger partial charge is 0.178 e. The first-order valence-electron chi connectivity index (χ1n) is 5.40. The summed E-state index contributed by atoms with van der Waals surface area (Å²) in [4.78, 5) is 3.18. The van der Waals surface area contributed by atoms with Gasteiger partial charge in [0.2, 0.25) is 0 Å². The zero-order valence-electron chi connectivity index (χ0n) is 8.73. The Hall–Kier alpha value is -1.60. The minimum Gasteiger partial charge on any atom is -0.331 e. The minimum atomic E-state index is 0.686. The van der Waals surface area contributed by atoms with Crippen LogP contribution in [0, 0.1) is 22.0 Å². The van der Waals surface area contributed by atoms with Gasteiger partial charge in [-0.2, -0.15) is 5.26 Å². The summed E-state index contributed by atoms with van der Waals surface area (Å²) >= 11 is 5.30. The number of nitriles is 1. The van der Waals surface area contributed by atoms with Crippen molar-refractivity contribution in [2.75, 3.05) is 0 Å². The Balaban J connectivity index is 2.20. The van der Waals surface area contributed by atoms with Crippen LogP contribution in [0.2, 0.25) is 0 Å². The lowest BCUT2D eigenvalue weighted by Crippen LogP contribution is -1.99. The Morgan fingerprint density at radius 2 is 2.31 bits per heavy atom. The molecule has 1 heterocycles. The molecule has 1 saturated carbocycles. The highest BCUT2D eigenvalue weighted by Gasteiger charge is 2.22. The van der Waals surface area contributed by atoms with Gasteiger partial charge >= 0.3 is 0 Å². The monoisotopic (exact) mass is 229 g/mol. The number of rotatable bonds is 2. The molecule has 1 aliphatic rings. The van der Waals surface area contributed by atoms with Gasteiger partial charge in [-0.05, 0) is 49.2 Å². The molecule has 0 unspecified atom stereocenters. The fraction of sp³-hybridized carbons (Fsp3) is 0.333. The summed E-state index contributed by atoms with van der Waals surface area (Å²) in [5.74, 6) is 0.774. The lowest BCUT2D eigenvalue weighted by molar-refractivity contribution is 0.635. The first-order chi connectivity index (χ1) is 7.78. The summed E-state index contributed by atoms with van der Waals surface area (Å²) in [5.41, 5.74) is 2.76. The van der Waals surface area contributed by atoms with E-state index in [9.17, 15) is 0 Å². The third-order valence-electron chi connectivity index (χ3n) is 3.04. The molecular formula is C12H11N3S. The second-order valence-corrected chi connectivity index (χ2v) is 4.71. The summed E-state index contributed by atoms with van der Waals surface area (Å²) < 4.78 is 2.88. The van der Waals surface area contributed by atoms with E-state index in [1.165, 1.54) is 12.8 Å². The number of hydrogen-bond donors (Lipinski definition) is 1. The minimum absolute atomic E-state index is 0.686. The zero-order valence-corrected chi connectivity index (χ0v) is 9.55. The number of benzene rings is 1. The van der Waals surface area contributed by atoms with Crippen molar-refractivity contribution < 1.29 is 0 Å². The van der Waals surface area contributed by atoms with Crippen molar-refractivity contribution in [3.8, 4) is 6.07 Å². The van der Waals surface area contributed by atoms with Gasteiger partial charge in [0.1, 0.15) is 0 Å². The Bertz CT molecular complexity index is 640. The molecule has 0 bridgehead atoms. The van der Waals surface area contributed by atoms with E-state index in [0.717, 1.165) is 28.3 Å². The highest BCUT2D eigenvalue weighted by molar-refractivity contribution is 7.71. The van der Waals surface area contributed by atoms with Crippen LogP contribution in [-0.4, -0.2) is 9.55 Å². The molecule has 1 aromatic carbocycles. The molecule has 1 aromatic heterocycles. The number of aromatic amines is 1. The predicted octanol–water partition coefficient (Wildman–Crippen LogP) is 2.98. The summed E-state index contributed by atoms with van der Waals surface area (Å²) in [6.45, 7) is 0.980. The lowest BCUT2D eigenvalue weighted by Gasteiger charge is -2.02. The highest BCUT2D eigenvalue weighted by atomic mass is 32.1. The molecule has 0 spiro atoms. The van der Waals surface area contributed by atoms with E-state index < -0.39 is 0 Å². The van der Waals surface area contributed by atoms with Crippen molar-refractivity contribution in [1.29, 1.82) is 5.26 Å². The van der Waals surface area contributed by atoms with E-state index in [1.807, 2.05) is 18.2 Å². The van der Waals surface area contributed by atoms with E-state index >= 15 is 0 Å². The van der Waals surface area contributed by atoms with Crippen molar-refractivity contribution in [3.63, 3.8) is 0 Å². The largest absolute Gasteiger partial charge is 0.331 e. The molecule has 1 aliphatic carbocycles. The second-order valence-electron chi connectivity index (χ2n) is 4.33. The van der Waals surface area contributed by atoms with Gasteiger partial charge in [0.15, 0.2) is 4.77 Å². The lowest BCUT2D eigenvalue weighted by atomic mass is 10.2. The Morgan fingerprint density at radius 1 is 1.50 bits per heavy atom. The van der Waals surface area contributed by atoms with Gasteiger partial charge in [-0.25, -0.2) is 0 Å². The van der Waals surface area contributed by atoms with Crippen LogP contribution in [-0.2, 0) is 6.54 Å². The summed E-state index contributed by atoms with van der Waals surface area (Å²) in [6, 6.07) is 7.81. The zero-order chi connectivity index (χ0) is 11.1. The van der Waals surface area contributed by atoms with Crippen LogP contribution in [0.15, 0.2) is 18.2 Å². The van der Waals surface area contributed by atoms with E-state index in [2.05, 4.69) is 15.6 Å². The first kappa shape index (κ1) is 9.61. The molecule has 0 atom stereocenters. The van der Waals surface area contributed by atoms with Gasteiger partial charge < -0.3 is 9.55 Å². The predicted molar refractivity (Wildman–Crippen MR) is 64.6 cm³/mol. The van der Waals surface area contributed by atoms with Crippen molar-refractivity contribution in [2.45, 2.75) is 19.4 Å². The molecule has 2 aromatic rings. The topological polar surface area (TPSA) is 44.5 Å². The van der Waals surface area contributed by atoms with E-state index in [0.29, 0.717) is 5.56 Å². The number of nitrogens with one attached hydrogen (secondary N) is 1. The van der Waals surface area contributed by atoms with Gasteiger partial charge in [-0.15, -0.1) is 0 Å². The standard InChI is InChI=1S/C12H11N3S/c13-6-9-3-4-10-11(5-9)15(12(16)14-10)7-8-1-2-8/h3-5,8H,1-2,7H2,(H,14,16). The molecule has 0 radical (unpaired) electrons. The average Bonchev–Trinajstić information content (AvgIpc) is 3.05. The first-order valence-corrected chi connectivity index (χ1v) is 5.81. The molecule has 3 nitrogen and oxygen atoms in total. The van der Waals surface area contributed by atoms with Crippen molar-refractivity contribution in [2.24, 2.45) is 5.92 Å².